The fourth-order valence-corrected chi connectivity index (χ4v) is 8.71. The molecule has 1 fully saturated rings. The first-order chi connectivity index (χ1) is 31.5. The van der Waals surface area contributed by atoms with Crippen LogP contribution in [0.1, 0.15) is 174 Å². The SMILES string of the molecule is CC/C=C/CC(O)/C=C/C=C/CCCCCCCC(=O)OC[C@H](COP(=O)(O)O[C@H]1C(O)C(O)C(O)[C@@H](OP(=O)(O)O)C1O)OC(=O)CCCCCCCCC/C=C\CCCCCCCC. The molecule has 8 N–H and O–H groups in total. The van der Waals surface area contributed by atoms with E-state index in [4.69, 9.17) is 18.5 Å². The first-order valence-electron chi connectivity index (χ1n) is 24.3. The molecule has 384 valence electrons. The van der Waals surface area contributed by atoms with E-state index in [1.165, 1.54) is 38.5 Å². The van der Waals surface area contributed by atoms with Crippen LogP contribution >= 0.6 is 15.6 Å². The zero-order valence-corrected chi connectivity index (χ0v) is 41.3. The third-order valence-corrected chi connectivity index (χ3v) is 12.5. The van der Waals surface area contributed by atoms with Crippen LogP contribution in [-0.2, 0) is 41.8 Å². The predicted molar refractivity (Wildman–Crippen MR) is 252 cm³/mol. The molecule has 0 spiro atoms. The zero-order chi connectivity index (χ0) is 49.1. The second kappa shape index (κ2) is 37.8. The van der Waals surface area contributed by atoms with E-state index in [2.05, 4.69) is 23.6 Å². The average Bonchev–Trinajstić information content (AvgIpc) is 3.26. The molecule has 17 nitrogen and oxygen atoms in total. The number of carbonyl (C=O) groups excluding carboxylic acids is 2. The number of carbonyl (C=O) groups is 2. The smallest absolute Gasteiger partial charge is 0.462 e. The number of hydrogen-bond acceptors (Lipinski definition) is 14. The summed E-state index contributed by atoms with van der Waals surface area (Å²) in [5.41, 5.74) is 0. The van der Waals surface area contributed by atoms with Crippen LogP contribution in [-0.4, -0.2) is 114 Å². The predicted octanol–water partition coefficient (Wildman–Crippen LogP) is 8.26. The molecule has 1 rings (SSSR count). The van der Waals surface area contributed by atoms with Gasteiger partial charge in [-0.2, -0.15) is 0 Å². The Morgan fingerprint density at radius 3 is 1.61 bits per heavy atom. The first kappa shape index (κ1) is 61.9. The van der Waals surface area contributed by atoms with Crippen LogP contribution < -0.4 is 0 Å². The second-order valence-electron chi connectivity index (χ2n) is 17.0. The number of unbranched alkanes of at least 4 members (excludes halogenated alkanes) is 18. The van der Waals surface area contributed by atoms with Crippen LogP contribution in [0.15, 0.2) is 48.6 Å². The number of aliphatic hydroxyl groups excluding tert-OH is 5. The second-order valence-corrected chi connectivity index (χ2v) is 19.6. The summed E-state index contributed by atoms with van der Waals surface area (Å²) in [5.74, 6) is -1.26. The van der Waals surface area contributed by atoms with E-state index in [-0.39, 0.29) is 12.8 Å². The molecular weight excluding hydrogens is 898 g/mol. The molecule has 6 unspecified atom stereocenters. The van der Waals surface area contributed by atoms with Gasteiger partial charge in [-0.3, -0.25) is 23.2 Å². The van der Waals surface area contributed by atoms with Gasteiger partial charge in [-0.25, -0.2) is 9.13 Å². The quantitative estimate of drug-likeness (QED) is 0.00943. The molecule has 1 aliphatic rings. The number of rotatable bonds is 40. The zero-order valence-electron chi connectivity index (χ0n) is 39.5. The molecule has 0 saturated heterocycles. The van der Waals surface area contributed by atoms with Crippen molar-refractivity contribution >= 4 is 27.6 Å². The van der Waals surface area contributed by atoms with Crippen molar-refractivity contribution in [1.29, 1.82) is 0 Å². The van der Waals surface area contributed by atoms with E-state index >= 15 is 0 Å². The maximum Gasteiger partial charge on any atom is 0.472 e. The molecule has 0 amide bonds. The van der Waals surface area contributed by atoms with E-state index < -0.39 is 89.6 Å². The van der Waals surface area contributed by atoms with Gasteiger partial charge in [0, 0.05) is 12.8 Å². The lowest BCUT2D eigenvalue weighted by Gasteiger charge is -2.43. The number of phosphoric acid groups is 2. The summed E-state index contributed by atoms with van der Waals surface area (Å²) >= 11 is 0. The molecule has 0 aromatic rings. The van der Waals surface area contributed by atoms with Gasteiger partial charge in [-0.15, -0.1) is 0 Å². The molecule has 1 saturated carbocycles. The van der Waals surface area contributed by atoms with Crippen molar-refractivity contribution in [2.45, 2.75) is 223 Å². The number of ether oxygens (including phenoxy) is 2. The molecule has 9 atom stereocenters. The first-order valence-corrected chi connectivity index (χ1v) is 27.3. The van der Waals surface area contributed by atoms with Crippen molar-refractivity contribution in [2.75, 3.05) is 13.2 Å². The van der Waals surface area contributed by atoms with Crippen LogP contribution in [0.25, 0.3) is 0 Å². The van der Waals surface area contributed by atoms with Gasteiger partial charge in [-0.05, 0) is 64.2 Å². The molecule has 19 heteroatoms. The Morgan fingerprint density at radius 2 is 1.06 bits per heavy atom. The van der Waals surface area contributed by atoms with Gasteiger partial charge in [0.2, 0.25) is 0 Å². The summed E-state index contributed by atoms with van der Waals surface area (Å²) in [5, 5.41) is 51.1. The van der Waals surface area contributed by atoms with Crippen molar-refractivity contribution in [3.05, 3.63) is 48.6 Å². The summed E-state index contributed by atoms with van der Waals surface area (Å²) in [6.45, 7) is 2.87. The molecule has 0 radical (unpaired) electrons. The van der Waals surface area contributed by atoms with E-state index in [0.29, 0.717) is 19.3 Å². The highest BCUT2D eigenvalue weighted by atomic mass is 31.2. The molecule has 0 aromatic heterocycles. The minimum Gasteiger partial charge on any atom is -0.462 e. The summed E-state index contributed by atoms with van der Waals surface area (Å²) in [7, 11) is -10.7. The molecule has 0 bridgehead atoms. The standard InChI is InChI=1S/C47H84O17P2/c1-3-5-7-8-9-10-11-12-13-14-15-16-17-20-24-27-31-35-41(50)62-39(36-60-40(49)34-30-26-23-21-18-19-22-25-29-33-38(48)32-28-6-4-2)37-61-66(58,59)64-47-44(53)42(51)43(52)46(45(47)54)63-65(55,56)57/h6,12-13,22,25,28-29,33,38-39,42-48,51-54H,3-5,7-11,14-21,23-24,26-27,30-32,34-37H2,1-2H3,(H,58,59)(H2,55,56,57)/b13-12-,25-22+,28-6+,33-29+/t38?,39-,42?,43?,44?,45?,46-,47+/m1/s1. The van der Waals surface area contributed by atoms with Crippen LogP contribution in [0.2, 0.25) is 0 Å². The van der Waals surface area contributed by atoms with Gasteiger partial charge in [0.25, 0.3) is 0 Å². The monoisotopic (exact) mass is 983 g/mol. The minimum atomic E-state index is -5.37. The Hall–Kier alpha value is -2.08. The van der Waals surface area contributed by atoms with E-state index in [1.807, 2.05) is 37.3 Å². The molecule has 66 heavy (non-hydrogen) atoms. The van der Waals surface area contributed by atoms with Gasteiger partial charge >= 0.3 is 27.6 Å². The van der Waals surface area contributed by atoms with Gasteiger partial charge in [0.05, 0.1) is 12.7 Å². The minimum absolute atomic E-state index is 0.0231. The van der Waals surface area contributed by atoms with Gasteiger partial charge in [0.15, 0.2) is 6.10 Å². The lowest BCUT2D eigenvalue weighted by Crippen LogP contribution is -2.64. The lowest BCUT2D eigenvalue weighted by molar-refractivity contribution is -0.216. The fourth-order valence-electron chi connectivity index (χ4n) is 7.17. The Balaban J connectivity index is 2.61. The summed E-state index contributed by atoms with van der Waals surface area (Å²) in [6, 6.07) is 0. The average molecular weight is 983 g/mol. The number of esters is 2. The molecular formula is C47H84O17P2. The Bertz CT molecular complexity index is 1480. The molecule has 0 aromatic carbocycles. The highest BCUT2D eigenvalue weighted by Gasteiger charge is 2.54. The molecule has 0 heterocycles. The highest BCUT2D eigenvalue weighted by molar-refractivity contribution is 7.47. The Morgan fingerprint density at radius 1 is 0.561 bits per heavy atom. The Kier molecular flexibility index (Phi) is 35.4. The van der Waals surface area contributed by atoms with E-state index in [0.717, 1.165) is 89.9 Å². The fraction of sp³-hybridized carbons (Fsp3) is 0.787. The third-order valence-electron chi connectivity index (χ3n) is 11.0. The molecule has 1 aliphatic carbocycles. The molecule has 0 aliphatic heterocycles. The number of allylic oxidation sites excluding steroid dienone is 6. The summed E-state index contributed by atoms with van der Waals surface area (Å²) in [6.07, 6.45) is 23.9. The van der Waals surface area contributed by atoms with Crippen LogP contribution in [0.3, 0.4) is 0 Å². The Labute approximate surface area is 393 Å². The summed E-state index contributed by atoms with van der Waals surface area (Å²) < 4.78 is 49.4. The topological polar surface area (TPSA) is 276 Å². The summed E-state index contributed by atoms with van der Waals surface area (Å²) in [4.78, 5) is 54.3. The van der Waals surface area contributed by atoms with Crippen molar-refractivity contribution in [1.82, 2.24) is 0 Å². The maximum atomic E-state index is 13.0. The van der Waals surface area contributed by atoms with Gasteiger partial charge < -0.3 is 49.7 Å². The van der Waals surface area contributed by atoms with Crippen LogP contribution in [0.5, 0.6) is 0 Å². The number of hydrogen-bond donors (Lipinski definition) is 8. The van der Waals surface area contributed by atoms with Gasteiger partial charge in [0.1, 0.15) is 43.2 Å². The van der Waals surface area contributed by atoms with Crippen molar-refractivity contribution in [2.24, 2.45) is 0 Å². The number of phosphoric ester groups is 2. The van der Waals surface area contributed by atoms with Crippen LogP contribution in [0, 0.1) is 0 Å². The maximum absolute atomic E-state index is 13.0. The van der Waals surface area contributed by atoms with Crippen molar-refractivity contribution in [3.8, 4) is 0 Å². The normalized spacial score (nSPS) is 22.4. The van der Waals surface area contributed by atoms with Crippen LogP contribution in [0.4, 0.5) is 0 Å². The number of aliphatic hydroxyl groups is 5. The van der Waals surface area contributed by atoms with Crippen molar-refractivity contribution < 1.29 is 82.0 Å². The van der Waals surface area contributed by atoms with Gasteiger partial charge in [-0.1, -0.05) is 146 Å². The largest absolute Gasteiger partial charge is 0.472 e. The van der Waals surface area contributed by atoms with Crippen molar-refractivity contribution in [3.63, 3.8) is 0 Å². The third kappa shape index (κ3) is 31.9. The lowest BCUT2D eigenvalue weighted by atomic mass is 9.85. The van der Waals surface area contributed by atoms with E-state index in [1.54, 1.807) is 6.08 Å². The van der Waals surface area contributed by atoms with E-state index in [9.17, 15) is 58.9 Å². The highest BCUT2D eigenvalue weighted by Crippen LogP contribution is 2.49.